The van der Waals surface area contributed by atoms with Gasteiger partial charge in [0, 0.05) is 17.5 Å². The van der Waals surface area contributed by atoms with E-state index in [9.17, 15) is 9.59 Å². The number of carbonyl (C=O) groups is 2. The van der Waals surface area contributed by atoms with Crippen molar-refractivity contribution in [3.63, 3.8) is 0 Å². The molecule has 1 aliphatic heterocycles. The summed E-state index contributed by atoms with van der Waals surface area (Å²) in [7, 11) is 0. The summed E-state index contributed by atoms with van der Waals surface area (Å²) < 4.78 is 11.2. The molecule has 1 heterocycles. The van der Waals surface area contributed by atoms with Gasteiger partial charge in [0.05, 0.1) is 6.04 Å². The standard InChI is InChI=1S/C29H34N2O4/c1-18(24-6-7-25-26(13-24)35-9-8-34-25)31-27(32)23-4-2-19(3-5-23)17-30-28(33)29-14-20-10-21(15-29)12-22(11-20)16-29/h2-7,13,18,20-22H,8-12,14-17H2,1H3,(H,30,33)(H,31,32). The lowest BCUT2D eigenvalue weighted by Crippen LogP contribution is -2.53. The van der Waals surface area contributed by atoms with Crippen LogP contribution in [0.5, 0.6) is 11.5 Å². The molecule has 4 aliphatic carbocycles. The first-order valence-corrected chi connectivity index (χ1v) is 13.0. The van der Waals surface area contributed by atoms with Crippen molar-refractivity contribution in [1.29, 1.82) is 0 Å². The van der Waals surface area contributed by atoms with Gasteiger partial charge in [-0.2, -0.15) is 0 Å². The van der Waals surface area contributed by atoms with Gasteiger partial charge in [-0.1, -0.05) is 18.2 Å². The van der Waals surface area contributed by atoms with Crippen LogP contribution in [0.4, 0.5) is 0 Å². The highest BCUT2D eigenvalue weighted by atomic mass is 16.6. The molecule has 2 amide bonds. The first kappa shape index (κ1) is 22.4. The van der Waals surface area contributed by atoms with Gasteiger partial charge in [-0.25, -0.2) is 0 Å². The molecule has 4 saturated carbocycles. The molecule has 0 spiro atoms. The molecule has 4 fully saturated rings. The minimum absolute atomic E-state index is 0.126. The maximum atomic E-state index is 13.2. The number of nitrogens with one attached hydrogen (secondary N) is 2. The summed E-state index contributed by atoms with van der Waals surface area (Å²) in [5.74, 6) is 3.85. The Balaban J connectivity index is 1.04. The Morgan fingerprint density at radius 1 is 0.914 bits per heavy atom. The summed E-state index contributed by atoms with van der Waals surface area (Å²) in [6.07, 6.45) is 7.23. The van der Waals surface area contributed by atoms with E-state index in [0.29, 0.717) is 25.3 Å². The van der Waals surface area contributed by atoms with Crippen molar-refractivity contribution in [3.8, 4) is 11.5 Å². The van der Waals surface area contributed by atoms with E-state index in [1.54, 1.807) is 0 Å². The highest BCUT2D eigenvalue weighted by Crippen LogP contribution is 2.60. The van der Waals surface area contributed by atoms with Crippen molar-refractivity contribution < 1.29 is 19.1 Å². The molecule has 6 nitrogen and oxygen atoms in total. The second-order valence-corrected chi connectivity index (χ2v) is 11.2. The molecule has 1 unspecified atom stereocenters. The van der Waals surface area contributed by atoms with Gasteiger partial charge in [-0.3, -0.25) is 9.59 Å². The lowest BCUT2D eigenvalue weighted by atomic mass is 9.49. The molecule has 4 bridgehead atoms. The highest BCUT2D eigenvalue weighted by molar-refractivity contribution is 5.94. The van der Waals surface area contributed by atoms with E-state index in [1.165, 1.54) is 19.3 Å². The maximum absolute atomic E-state index is 13.2. The molecule has 2 aromatic rings. The van der Waals surface area contributed by atoms with Crippen molar-refractivity contribution >= 4 is 11.8 Å². The van der Waals surface area contributed by atoms with Crippen LogP contribution in [0.2, 0.25) is 0 Å². The molecule has 0 radical (unpaired) electrons. The maximum Gasteiger partial charge on any atom is 0.251 e. The average molecular weight is 475 g/mol. The van der Waals surface area contributed by atoms with Crippen molar-refractivity contribution in [3.05, 3.63) is 59.2 Å². The Kier molecular flexibility index (Phi) is 5.70. The number of carbonyl (C=O) groups excluding carboxylic acids is 2. The molecule has 0 saturated heterocycles. The SMILES string of the molecule is CC(NC(=O)c1ccc(CNC(=O)C23CC4CC(CC(C4)C2)C3)cc1)c1ccc2c(c1)OCCO2. The van der Waals surface area contributed by atoms with Gasteiger partial charge in [-0.15, -0.1) is 0 Å². The third-order valence-electron chi connectivity index (χ3n) is 8.60. The fourth-order valence-corrected chi connectivity index (χ4v) is 7.23. The lowest BCUT2D eigenvalue weighted by Gasteiger charge is -2.55. The van der Waals surface area contributed by atoms with Crippen LogP contribution in [-0.2, 0) is 11.3 Å². The highest BCUT2D eigenvalue weighted by Gasteiger charge is 2.54. The minimum Gasteiger partial charge on any atom is -0.486 e. The van der Waals surface area contributed by atoms with Gasteiger partial charge in [0.15, 0.2) is 11.5 Å². The van der Waals surface area contributed by atoms with Crippen molar-refractivity contribution in [2.24, 2.45) is 23.2 Å². The molecule has 6 heteroatoms. The van der Waals surface area contributed by atoms with Crippen molar-refractivity contribution in [2.75, 3.05) is 13.2 Å². The summed E-state index contributed by atoms with van der Waals surface area (Å²) in [5, 5.41) is 6.28. The summed E-state index contributed by atoms with van der Waals surface area (Å²) >= 11 is 0. The van der Waals surface area contributed by atoms with E-state index in [0.717, 1.165) is 59.6 Å². The van der Waals surface area contributed by atoms with Crippen LogP contribution in [0.25, 0.3) is 0 Å². The number of amides is 2. The molecule has 2 aromatic carbocycles. The van der Waals surface area contributed by atoms with Gasteiger partial charge >= 0.3 is 0 Å². The minimum atomic E-state index is -0.169. The van der Waals surface area contributed by atoms with Gasteiger partial charge in [0.25, 0.3) is 5.91 Å². The van der Waals surface area contributed by atoms with E-state index < -0.39 is 0 Å². The zero-order valence-electron chi connectivity index (χ0n) is 20.3. The zero-order valence-corrected chi connectivity index (χ0v) is 20.3. The predicted octanol–water partition coefficient (Wildman–Crippen LogP) is 4.78. The fourth-order valence-electron chi connectivity index (χ4n) is 7.23. The zero-order chi connectivity index (χ0) is 24.0. The van der Waals surface area contributed by atoms with Crippen LogP contribution >= 0.6 is 0 Å². The largest absolute Gasteiger partial charge is 0.486 e. The molecular weight excluding hydrogens is 440 g/mol. The van der Waals surface area contributed by atoms with Gasteiger partial charge < -0.3 is 20.1 Å². The van der Waals surface area contributed by atoms with Crippen LogP contribution in [-0.4, -0.2) is 25.0 Å². The predicted molar refractivity (Wildman–Crippen MR) is 132 cm³/mol. The normalized spacial score (nSPS) is 28.9. The third kappa shape index (κ3) is 4.39. The molecule has 35 heavy (non-hydrogen) atoms. The van der Waals surface area contributed by atoms with Crippen LogP contribution < -0.4 is 20.1 Å². The van der Waals surface area contributed by atoms with E-state index in [2.05, 4.69) is 10.6 Å². The Morgan fingerprint density at radius 3 is 2.20 bits per heavy atom. The molecule has 7 rings (SSSR count). The van der Waals surface area contributed by atoms with Gasteiger partial charge in [0.1, 0.15) is 13.2 Å². The second-order valence-electron chi connectivity index (χ2n) is 11.2. The van der Waals surface area contributed by atoms with Crippen molar-refractivity contribution in [2.45, 2.75) is 58.0 Å². The third-order valence-corrected chi connectivity index (χ3v) is 8.60. The fraction of sp³-hybridized carbons (Fsp3) is 0.517. The topological polar surface area (TPSA) is 76.7 Å². The first-order valence-electron chi connectivity index (χ1n) is 13.0. The van der Waals surface area contributed by atoms with Crippen molar-refractivity contribution in [1.82, 2.24) is 10.6 Å². The molecular formula is C29H34N2O4. The Bertz CT molecular complexity index is 1090. The van der Waals surface area contributed by atoms with Crippen LogP contribution in [0, 0.1) is 23.2 Å². The number of rotatable bonds is 6. The lowest BCUT2D eigenvalue weighted by molar-refractivity contribution is -0.146. The van der Waals surface area contributed by atoms with Gasteiger partial charge in [0.2, 0.25) is 5.91 Å². The summed E-state index contributed by atoms with van der Waals surface area (Å²) in [6, 6.07) is 13.1. The summed E-state index contributed by atoms with van der Waals surface area (Å²) in [5.41, 5.74) is 2.45. The number of hydrogen-bond donors (Lipinski definition) is 2. The second kappa shape index (κ2) is 8.89. The van der Waals surface area contributed by atoms with Crippen LogP contribution in [0.1, 0.15) is 73.0 Å². The number of ether oxygens (including phenoxy) is 2. The van der Waals surface area contributed by atoms with Gasteiger partial charge in [-0.05, 0) is 98.6 Å². The number of benzene rings is 2. The summed E-state index contributed by atoms with van der Waals surface area (Å²) in [4.78, 5) is 26.0. The Hall–Kier alpha value is -3.02. The molecule has 184 valence electrons. The molecule has 5 aliphatic rings. The van der Waals surface area contributed by atoms with Crippen LogP contribution in [0.15, 0.2) is 42.5 Å². The van der Waals surface area contributed by atoms with Crippen LogP contribution in [0.3, 0.4) is 0 Å². The number of hydrogen-bond acceptors (Lipinski definition) is 4. The molecule has 0 aromatic heterocycles. The smallest absolute Gasteiger partial charge is 0.251 e. The first-order chi connectivity index (χ1) is 17.0. The quantitative estimate of drug-likeness (QED) is 0.632. The number of fused-ring (bicyclic) bond motifs is 1. The van der Waals surface area contributed by atoms with E-state index in [1.807, 2.05) is 49.4 Å². The van der Waals surface area contributed by atoms with E-state index in [4.69, 9.17) is 9.47 Å². The Morgan fingerprint density at radius 2 is 1.54 bits per heavy atom. The monoisotopic (exact) mass is 474 g/mol. The van der Waals surface area contributed by atoms with E-state index >= 15 is 0 Å². The van der Waals surface area contributed by atoms with E-state index in [-0.39, 0.29) is 23.3 Å². The average Bonchev–Trinajstić information content (AvgIpc) is 2.86. The molecule has 1 atom stereocenters. The molecule has 2 N–H and O–H groups in total. The summed E-state index contributed by atoms with van der Waals surface area (Å²) in [6.45, 7) is 3.56. The Labute approximate surface area is 206 Å².